The Bertz CT molecular complexity index is 1360. The van der Waals surface area contributed by atoms with Crippen LogP contribution in [-0.2, 0) is 32.7 Å². The summed E-state index contributed by atoms with van der Waals surface area (Å²) in [6.45, 7) is 2.88. The topological polar surface area (TPSA) is 65.1 Å². The molecule has 3 aromatic carbocycles. The number of carbonyl (C=O) groups excluding carboxylic acids is 2. The van der Waals surface area contributed by atoms with Gasteiger partial charge in [0, 0.05) is 18.0 Å². The first kappa shape index (κ1) is 27.4. The Balaban J connectivity index is 1.14. The molecule has 6 heteroatoms. The second kappa shape index (κ2) is 12.0. The van der Waals surface area contributed by atoms with E-state index in [4.69, 9.17) is 14.2 Å². The van der Waals surface area contributed by atoms with Gasteiger partial charge in [0.05, 0.1) is 5.92 Å². The summed E-state index contributed by atoms with van der Waals surface area (Å²) in [5.41, 5.74) is 4.65. The van der Waals surface area contributed by atoms with Crippen molar-refractivity contribution in [1.29, 1.82) is 0 Å². The SMILES string of the molecule is CCC(C(=O)OCOc1ccc2c(c1)[C@@]13CCCC[C@@H]1[C@H](C2)N(C(=O)OCc1ccccc1)CC3)c1ccccc1. The third-order valence-electron chi connectivity index (χ3n) is 9.57. The van der Waals surface area contributed by atoms with Crippen molar-refractivity contribution >= 4 is 12.1 Å². The van der Waals surface area contributed by atoms with Gasteiger partial charge in [0.1, 0.15) is 12.4 Å². The maximum absolute atomic E-state index is 13.3. The number of hydrogen-bond acceptors (Lipinski definition) is 5. The van der Waals surface area contributed by atoms with E-state index in [0.29, 0.717) is 25.5 Å². The van der Waals surface area contributed by atoms with E-state index in [9.17, 15) is 9.59 Å². The molecule has 6 rings (SSSR count). The quantitative estimate of drug-likeness (QED) is 0.219. The Morgan fingerprint density at radius 2 is 1.73 bits per heavy atom. The molecular formula is C35H39NO5. The molecule has 1 unspecified atom stereocenters. The standard InChI is InChI=1S/C35H39NO5/c1-2-29(26-13-7-4-8-14-26)33(37)41-24-40-28-17-16-27-21-32-30-15-9-10-18-35(30,31(27)22-28)19-20-36(32)34(38)39-23-25-11-5-3-6-12-25/h3-8,11-14,16-17,22,29-30,32H,2,9-10,15,18-21,23-24H2,1H3/t29?,30-,32+,35-/m1/s1. The third kappa shape index (κ3) is 5.44. The van der Waals surface area contributed by atoms with Gasteiger partial charge in [0.15, 0.2) is 0 Å². The lowest BCUT2D eigenvalue weighted by atomic mass is 9.52. The van der Waals surface area contributed by atoms with Gasteiger partial charge in [-0.05, 0) is 72.4 Å². The minimum atomic E-state index is -0.299. The Labute approximate surface area is 242 Å². The van der Waals surface area contributed by atoms with Crippen LogP contribution in [0.5, 0.6) is 5.75 Å². The van der Waals surface area contributed by atoms with E-state index < -0.39 is 0 Å². The highest BCUT2D eigenvalue weighted by Gasteiger charge is 2.55. The number of nitrogens with zero attached hydrogens (tertiary/aromatic N) is 1. The molecule has 3 aromatic rings. The van der Waals surface area contributed by atoms with Crippen molar-refractivity contribution < 1.29 is 23.8 Å². The minimum Gasteiger partial charge on any atom is -0.457 e. The number of rotatable bonds is 8. The Morgan fingerprint density at radius 3 is 2.51 bits per heavy atom. The van der Waals surface area contributed by atoms with Gasteiger partial charge < -0.3 is 19.1 Å². The Kier molecular flexibility index (Phi) is 8.00. The zero-order chi connectivity index (χ0) is 28.2. The average Bonchev–Trinajstić information content (AvgIpc) is 3.01. The summed E-state index contributed by atoms with van der Waals surface area (Å²) < 4.78 is 17.3. The highest BCUT2D eigenvalue weighted by atomic mass is 16.7. The number of fused-ring (bicyclic) bond motifs is 1. The van der Waals surface area contributed by atoms with Crippen LogP contribution in [0.3, 0.4) is 0 Å². The molecule has 1 saturated carbocycles. The molecule has 1 amide bonds. The van der Waals surface area contributed by atoms with Crippen LogP contribution in [0.1, 0.15) is 73.6 Å². The molecular weight excluding hydrogens is 514 g/mol. The fourth-order valence-corrected chi connectivity index (χ4v) is 7.58. The fourth-order valence-electron chi connectivity index (χ4n) is 7.58. The molecule has 6 nitrogen and oxygen atoms in total. The van der Waals surface area contributed by atoms with Crippen LogP contribution in [0.2, 0.25) is 0 Å². The summed E-state index contributed by atoms with van der Waals surface area (Å²) in [5, 5.41) is 0. The van der Waals surface area contributed by atoms with Crippen molar-refractivity contribution in [2.45, 2.75) is 75.9 Å². The number of piperidine rings is 1. The first-order chi connectivity index (χ1) is 20.1. The number of hydrogen-bond donors (Lipinski definition) is 0. The monoisotopic (exact) mass is 553 g/mol. The molecule has 214 valence electrons. The zero-order valence-electron chi connectivity index (χ0n) is 23.8. The smallest absolute Gasteiger partial charge is 0.410 e. The first-order valence-electron chi connectivity index (χ1n) is 15.0. The maximum atomic E-state index is 13.3. The summed E-state index contributed by atoms with van der Waals surface area (Å²) >= 11 is 0. The predicted molar refractivity (Wildman–Crippen MR) is 157 cm³/mol. The van der Waals surface area contributed by atoms with E-state index in [-0.39, 0.29) is 36.2 Å². The molecule has 1 aliphatic heterocycles. The van der Waals surface area contributed by atoms with Crippen LogP contribution < -0.4 is 4.74 Å². The van der Waals surface area contributed by atoms with Gasteiger partial charge in [-0.1, -0.05) is 86.5 Å². The second-order valence-electron chi connectivity index (χ2n) is 11.7. The van der Waals surface area contributed by atoms with Gasteiger partial charge in [-0.2, -0.15) is 0 Å². The second-order valence-corrected chi connectivity index (χ2v) is 11.7. The summed E-state index contributed by atoms with van der Waals surface area (Å²) in [6, 6.07) is 26.0. The number of amides is 1. The summed E-state index contributed by atoms with van der Waals surface area (Å²) in [5.74, 6) is 0.570. The minimum absolute atomic E-state index is 0.0450. The van der Waals surface area contributed by atoms with Crippen molar-refractivity contribution in [3.8, 4) is 5.75 Å². The first-order valence-corrected chi connectivity index (χ1v) is 15.0. The van der Waals surface area contributed by atoms with Gasteiger partial charge in [-0.15, -0.1) is 0 Å². The summed E-state index contributed by atoms with van der Waals surface area (Å²) in [7, 11) is 0. The van der Waals surface area contributed by atoms with Crippen molar-refractivity contribution in [2.75, 3.05) is 13.3 Å². The van der Waals surface area contributed by atoms with Gasteiger partial charge in [-0.25, -0.2) is 4.79 Å². The van der Waals surface area contributed by atoms with Gasteiger partial charge >= 0.3 is 12.1 Å². The van der Waals surface area contributed by atoms with Crippen molar-refractivity contribution in [3.05, 3.63) is 101 Å². The average molecular weight is 554 g/mol. The van der Waals surface area contributed by atoms with Crippen LogP contribution >= 0.6 is 0 Å². The predicted octanol–water partition coefficient (Wildman–Crippen LogP) is 7.16. The molecule has 1 heterocycles. The van der Waals surface area contributed by atoms with Crippen molar-refractivity contribution in [3.63, 3.8) is 0 Å². The molecule has 2 bridgehead atoms. The third-order valence-corrected chi connectivity index (χ3v) is 9.57. The summed E-state index contributed by atoms with van der Waals surface area (Å²) in [6.07, 6.45) is 6.85. The number of likely N-dealkylation sites (tertiary alicyclic amines) is 1. The Morgan fingerprint density at radius 1 is 0.951 bits per heavy atom. The molecule has 2 fully saturated rings. The van der Waals surface area contributed by atoms with Crippen molar-refractivity contribution in [1.82, 2.24) is 4.90 Å². The van der Waals surface area contributed by atoms with Crippen LogP contribution in [0.15, 0.2) is 78.9 Å². The maximum Gasteiger partial charge on any atom is 0.410 e. The normalized spacial score (nSPS) is 23.5. The number of ether oxygens (including phenoxy) is 3. The number of carbonyl (C=O) groups is 2. The van der Waals surface area contributed by atoms with Crippen LogP contribution in [-0.4, -0.2) is 36.3 Å². The molecule has 0 aromatic heterocycles. The van der Waals surface area contributed by atoms with Crippen LogP contribution in [0.25, 0.3) is 0 Å². The van der Waals surface area contributed by atoms with E-state index in [1.807, 2.05) is 78.6 Å². The van der Waals surface area contributed by atoms with Crippen LogP contribution in [0, 0.1) is 5.92 Å². The number of esters is 1. The molecule has 0 spiro atoms. The van der Waals surface area contributed by atoms with E-state index in [1.54, 1.807) is 0 Å². The molecule has 3 aliphatic rings. The van der Waals surface area contributed by atoms with E-state index in [1.165, 1.54) is 24.0 Å². The lowest BCUT2D eigenvalue weighted by Crippen LogP contribution is -2.62. The number of benzene rings is 3. The molecule has 0 radical (unpaired) electrons. The highest BCUT2D eigenvalue weighted by molar-refractivity contribution is 5.78. The Hall–Kier alpha value is -3.80. The zero-order valence-corrected chi connectivity index (χ0v) is 23.8. The van der Waals surface area contributed by atoms with E-state index in [2.05, 4.69) is 12.1 Å². The molecule has 2 aliphatic carbocycles. The summed E-state index contributed by atoms with van der Waals surface area (Å²) in [4.78, 5) is 28.1. The lowest BCUT2D eigenvalue weighted by Gasteiger charge is -2.58. The molecule has 1 saturated heterocycles. The van der Waals surface area contributed by atoms with E-state index in [0.717, 1.165) is 42.6 Å². The van der Waals surface area contributed by atoms with Crippen LogP contribution in [0.4, 0.5) is 4.79 Å². The molecule has 0 N–H and O–H groups in total. The molecule has 4 atom stereocenters. The lowest BCUT2D eigenvalue weighted by molar-refractivity contribution is -0.152. The van der Waals surface area contributed by atoms with Gasteiger partial charge in [-0.3, -0.25) is 4.79 Å². The fraction of sp³-hybridized carbons (Fsp3) is 0.429. The van der Waals surface area contributed by atoms with E-state index >= 15 is 0 Å². The van der Waals surface area contributed by atoms with Gasteiger partial charge in [0.2, 0.25) is 6.79 Å². The largest absolute Gasteiger partial charge is 0.457 e. The van der Waals surface area contributed by atoms with Crippen molar-refractivity contribution in [2.24, 2.45) is 5.92 Å². The van der Waals surface area contributed by atoms with Gasteiger partial charge in [0.25, 0.3) is 0 Å². The highest BCUT2D eigenvalue weighted by Crippen LogP contribution is 2.56. The molecule has 41 heavy (non-hydrogen) atoms.